The highest BCUT2D eigenvalue weighted by molar-refractivity contribution is 8.29. The lowest BCUT2D eigenvalue weighted by atomic mass is 9.76. The fourth-order valence-electron chi connectivity index (χ4n) is 5.14. The Bertz CT molecular complexity index is 657. The molecule has 0 heterocycles. The van der Waals surface area contributed by atoms with Gasteiger partial charge in [-0.1, -0.05) is 60.6 Å². The molecule has 0 saturated heterocycles. The van der Waals surface area contributed by atoms with E-state index in [0.717, 1.165) is 36.2 Å². The zero-order valence-electron chi connectivity index (χ0n) is 15.6. The number of hydrogen-bond donors (Lipinski definition) is 0. The van der Waals surface area contributed by atoms with E-state index in [2.05, 4.69) is 80.8 Å². The highest BCUT2D eigenvalue weighted by atomic mass is 32.3. The Labute approximate surface area is 154 Å². The van der Waals surface area contributed by atoms with Crippen molar-refractivity contribution in [2.75, 3.05) is 12.9 Å². The summed E-state index contributed by atoms with van der Waals surface area (Å²) in [7, 11) is -1.43. The zero-order chi connectivity index (χ0) is 17.4. The normalized spacial score (nSPS) is 32.0. The monoisotopic (exact) mass is 354 g/mol. The standard InChI is InChI=1S/C23H30OS/c1-17-18(2)23-15-19(17)14-20(23)16-24-25(3,21-10-6-4-7-11-21)22-12-8-5-9-13-22/h4-13,17-20,23H,14-16H2,1-3H3. The van der Waals surface area contributed by atoms with Gasteiger partial charge in [-0.25, -0.2) is 0 Å². The van der Waals surface area contributed by atoms with Gasteiger partial charge in [-0.05, 0) is 73.0 Å². The van der Waals surface area contributed by atoms with Crippen LogP contribution in [0, 0.1) is 29.6 Å². The van der Waals surface area contributed by atoms with Crippen LogP contribution in [0.5, 0.6) is 0 Å². The third-order valence-electron chi connectivity index (χ3n) is 6.94. The van der Waals surface area contributed by atoms with Crippen molar-refractivity contribution in [3.8, 4) is 0 Å². The average Bonchev–Trinajstić information content (AvgIpc) is 3.21. The first kappa shape index (κ1) is 17.2. The molecule has 2 aliphatic rings. The summed E-state index contributed by atoms with van der Waals surface area (Å²) in [6, 6.07) is 21.6. The second-order valence-corrected chi connectivity index (χ2v) is 11.0. The van der Waals surface area contributed by atoms with Gasteiger partial charge in [0, 0.05) is 9.79 Å². The third-order valence-corrected chi connectivity index (χ3v) is 9.89. The van der Waals surface area contributed by atoms with Gasteiger partial charge in [0.15, 0.2) is 0 Å². The minimum atomic E-state index is -1.43. The van der Waals surface area contributed by atoms with Crippen molar-refractivity contribution < 1.29 is 4.18 Å². The van der Waals surface area contributed by atoms with Crippen LogP contribution in [0.25, 0.3) is 0 Å². The third kappa shape index (κ3) is 3.04. The van der Waals surface area contributed by atoms with Gasteiger partial charge in [-0.2, -0.15) is 0 Å². The lowest BCUT2D eigenvalue weighted by Crippen LogP contribution is -2.27. The summed E-state index contributed by atoms with van der Waals surface area (Å²) >= 11 is 0. The fourth-order valence-corrected chi connectivity index (χ4v) is 7.49. The van der Waals surface area contributed by atoms with Crippen molar-refractivity contribution in [2.45, 2.75) is 36.5 Å². The smallest absolute Gasteiger partial charge is 0.0631 e. The molecule has 2 aromatic carbocycles. The molecule has 0 amide bonds. The second-order valence-electron chi connectivity index (χ2n) is 8.13. The summed E-state index contributed by atoms with van der Waals surface area (Å²) in [5.41, 5.74) is 0. The van der Waals surface area contributed by atoms with Crippen molar-refractivity contribution in [2.24, 2.45) is 29.6 Å². The van der Waals surface area contributed by atoms with Crippen LogP contribution in [-0.4, -0.2) is 12.9 Å². The number of rotatable bonds is 5. The molecule has 4 rings (SSSR count). The maximum atomic E-state index is 6.81. The minimum absolute atomic E-state index is 0.746. The first-order valence-electron chi connectivity index (χ1n) is 9.62. The highest BCUT2D eigenvalue weighted by Crippen LogP contribution is 2.62. The summed E-state index contributed by atoms with van der Waals surface area (Å²) in [5.74, 6) is 4.32. The van der Waals surface area contributed by atoms with Gasteiger partial charge in [0.25, 0.3) is 0 Å². The van der Waals surface area contributed by atoms with Crippen LogP contribution in [0.4, 0.5) is 0 Å². The molecule has 25 heavy (non-hydrogen) atoms. The second kappa shape index (κ2) is 6.81. The molecule has 2 fully saturated rings. The van der Waals surface area contributed by atoms with Crippen LogP contribution < -0.4 is 0 Å². The van der Waals surface area contributed by atoms with Crippen LogP contribution in [0.2, 0.25) is 0 Å². The molecule has 134 valence electrons. The van der Waals surface area contributed by atoms with E-state index in [-0.39, 0.29) is 0 Å². The Morgan fingerprint density at radius 1 is 0.840 bits per heavy atom. The van der Waals surface area contributed by atoms with Crippen molar-refractivity contribution in [1.29, 1.82) is 0 Å². The molecule has 2 bridgehead atoms. The molecule has 2 aromatic rings. The van der Waals surface area contributed by atoms with Crippen molar-refractivity contribution in [3.63, 3.8) is 0 Å². The Morgan fingerprint density at radius 3 is 1.88 bits per heavy atom. The molecule has 0 aliphatic heterocycles. The van der Waals surface area contributed by atoms with E-state index >= 15 is 0 Å². The Balaban J connectivity index is 1.56. The summed E-state index contributed by atoms with van der Waals surface area (Å²) in [6.45, 7) is 5.82. The Hall–Kier alpha value is -1.25. The minimum Gasteiger partial charge on any atom is -0.328 e. The maximum Gasteiger partial charge on any atom is 0.0631 e. The first-order valence-corrected chi connectivity index (χ1v) is 11.6. The molecule has 0 spiro atoms. The summed E-state index contributed by atoms with van der Waals surface area (Å²) in [6.07, 6.45) is 5.12. The van der Waals surface area contributed by atoms with Crippen LogP contribution in [0.1, 0.15) is 26.7 Å². The average molecular weight is 355 g/mol. The van der Waals surface area contributed by atoms with E-state index in [1.807, 2.05) is 0 Å². The van der Waals surface area contributed by atoms with Crippen LogP contribution >= 0.6 is 10.3 Å². The van der Waals surface area contributed by atoms with Gasteiger partial charge in [-0.3, -0.25) is 0 Å². The topological polar surface area (TPSA) is 9.23 Å². The molecule has 2 heteroatoms. The van der Waals surface area contributed by atoms with Crippen LogP contribution in [0.15, 0.2) is 70.5 Å². The SMILES string of the molecule is CC1C2CC(COS(C)(c3ccccc3)c3ccccc3)C(C2)C1C. The van der Waals surface area contributed by atoms with E-state index in [1.54, 1.807) is 0 Å². The molecule has 0 radical (unpaired) electrons. The van der Waals surface area contributed by atoms with Gasteiger partial charge in [0.05, 0.1) is 6.61 Å². The van der Waals surface area contributed by atoms with E-state index in [4.69, 9.17) is 4.18 Å². The molecule has 0 N–H and O–H groups in total. The largest absolute Gasteiger partial charge is 0.328 e. The lowest BCUT2D eigenvalue weighted by Gasteiger charge is -2.39. The maximum absolute atomic E-state index is 6.81. The Kier molecular flexibility index (Phi) is 4.68. The highest BCUT2D eigenvalue weighted by Gasteiger charge is 2.48. The van der Waals surface area contributed by atoms with Gasteiger partial charge in [0.2, 0.25) is 0 Å². The summed E-state index contributed by atoms with van der Waals surface area (Å²) in [5, 5.41) is 0. The zero-order valence-corrected chi connectivity index (χ0v) is 16.4. The van der Waals surface area contributed by atoms with Gasteiger partial charge >= 0.3 is 0 Å². The molecule has 2 aliphatic carbocycles. The molecule has 0 aromatic heterocycles. The van der Waals surface area contributed by atoms with E-state index in [9.17, 15) is 0 Å². The van der Waals surface area contributed by atoms with E-state index in [1.165, 1.54) is 22.6 Å². The van der Waals surface area contributed by atoms with Crippen molar-refractivity contribution >= 4 is 10.3 Å². The molecule has 5 unspecified atom stereocenters. The predicted molar refractivity (Wildman–Crippen MR) is 107 cm³/mol. The summed E-state index contributed by atoms with van der Waals surface area (Å²) in [4.78, 5) is 2.65. The van der Waals surface area contributed by atoms with Crippen molar-refractivity contribution in [3.05, 3.63) is 60.7 Å². The number of benzene rings is 2. The molecular weight excluding hydrogens is 324 g/mol. The van der Waals surface area contributed by atoms with Crippen LogP contribution in [0.3, 0.4) is 0 Å². The van der Waals surface area contributed by atoms with Gasteiger partial charge in [-0.15, -0.1) is 0 Å². The molecular formula is C23H30OS. The van der Waals surface area contributed by atoms with E-state index < -0.39 is 10.3 Å². The van der Waals surface area contributed by atoms with Crippen molar-refractivity contribution in [1.82, 2.24) is 0 Å². The quantitative estimate of drug-likeness (QED) is 0.604. The van der Waals surface area contributed by atoms with Crippen LogP contribution in [-0.2, 0) is 4.18 Å². The van der Waals surface area contributed by atoms with Gasteiger partial charge in [0.1, 0.15) is 0 Å². The first-order chi connectivity index (χ1) is 12.1. The summed E-state index contributed by atoms with van der Waals surface area (Å²) < 4.78 is 6.81. The fraction of sp³-hybridized carbons (Fsp3) is 0.478. The lowest BCUT2D eigenvalue weighted by molar-refractivity contribution is 0.140. The predicted octanol–water partition coefficient (Wildman–Crippen LogP) is 6.40. The molecule has 2 saturated carbocycles. The van der Waals surface area contributed by atoms with Gasteiger partial charge < -0.3 is 4.18 Å². The molecule has 5 atom stereocenters. The number of hydrogen-bond acceptors (Lipinski definition) is 1. The Morgan fingerprint density at radius 2 is 1.40 bits per heavy atom. The van der Waals surface area contributed by atoms with E-state index in [0.29, 0.717) is 0 Å². The molecule has 1 nitrogen and oxygen atoms in total. The number of fused-ring (bicyclic) bond motifs is 2.